The zero-order chi connectivity index (χ0) is 12.1. The number of carbonyl (C=O) groups is 1. The lowest BCUT2D eigenvalue weighted by Gasteiger charge is -2.13. The SMILES string of the molecule is CCCC(C(=O)O)c1ccc(O)c(OC)c1. The molecule has 1 aromatic carbocycles. The smallest absolute Gasteiger partial charge is 0.310 e. The molecule has 1 unspecified atom stereocenters. The number of phenols is 1. The Bertz CT molecular complexity index is 373. The summed E-state index contributed by atoms with van der Waals surface area (Å²) in [5.74, 6) is -1.07. The van der Waals surface area contributed by atoms with Crippen molar-refractivity contribution < 1.29 is 19.7 Å². The van der Waals surface area contributed by atoms with Crippen LogP contribution in [-0.4, -0.2) is 23.3 Å². The zero-order valence-corrected chi connectivity index (χ0v) is 9.43. The summed E-state index contributed by atoms with van der Waals surface area (Å²) in [5.41, 5.74) is 0.656. The molecule has 1 atom stereocenters. The molecule has 1 rings (SSSR count). The molecule has 4 heteroatoms. The van der Waals surface area contributed by atoms with E-state index in [0.717, 1.165) is 6.42 Å². The lowest BCUT2D eigenvalue weighted by molar-refractivity contribution is -0.139. The molecule has 4 nitrogen and oxygen atoms in total. The Kier molecular flexibility index (Phi) is 4.17. The Balaban J connectivity index is 3.05. The van der Waals surface area contributed by atoms with E-state index in [1.807, 2.05) is 6.92 Å². The Morgan fingerprint density at radius 3 is 2.69 bits per heavy atom. The molecule has 0 aliphatic rings. The second-order valence-corrected chi connectivity index (χ2v) is 3.61. The van der Waals surface area contributed by atoms with Crippen molar-refractivity contribution in [3.63, 3.8) is 0 Å². The lowest BCUT2D eigenvalue weighted by Crippen LogP contribution is -2.11. The van der Waals surface area contributed by atoms with E-state index >= 15 is 0 Å². The van der Waals surface area contributed by atoms with Gasteiger partial charge in [-0.2, -0.15) is 0 Å². The largest absolute Gasteiger partial charge is 0.504 e. The van der Waals surface area contributed by atoms with Gasteiger partial charge in [-0.25, -0.2) is 0 Å². The van der Waals surface area contributed by atoms with Crippen molar-refractivity contribution in [2.45, 2.75) is 25.7 Å². The van der Waals surface area contributed by atoms with Crippen LogP contribution in [0.5, 0.6) is 11.5 Å². The van der Waals surface area contributed by atoms with Crippen LogP contribution in [0.1, 0.15) is 31.2 Å². The van der Waals surface area contributed by atoms with E-state index < -0.39 is 11.9 Å². The molecule has 0 aromatic heterocycles. The highest BCUT2D eigenvalue weighted by Gasteiger charge is 2.19. The first-order valence-corrected chi connectivity index (χ1v) is 5.19. The molecule has 0 spiro atoms. The maximum absolute atomic E-state index is 11.1. The first kappa shape index (κ1) is 12.4. The first-order chi connectivity index (χ1) is 7.60. The van der Waals surface area contributed by atoms with Gasteiger partial charge in [-0.05, 0) is 24.1 Å². The summed E-state index contributed by atoms with van der Waals surface area (Å²) in [6.45, 7) is 1.94. The van der Waals surface area contributed by atoms with Crippen LogP contribution < -0.4 is 4.74 Å². The molecular formula is C12H16O4. The highest BCUT2D eigenvalue weighted by Crippen LogP contribution is 2.31. The van der Waals surface area contributed by atoms with Gasteiger partial charge in [0.25, 0.3) is 0 Å². The molecule has 88 valence electrons. The van der Waals surface area contributed by atoms with Gasteiger partial charge < -0.3 is 14.9 Å². The minimum atomic E-state index is -0.852. The number of aromatic hydroxyl groups is 1. The monoisotopic (exact) mass is 224 g/mol. The van der Waals surface area contributed by atoms with Crippen LogP contribution in [0.2, 0.25) is 0 Å². The third-order valence-corrected chi connectivity index (χ3v) is 2.48. The fourth-order valence-electron chi connectivity index (χ4n) is 1.63. The van der Waals surface area contributed by atoms with Gasteiger partial charge in [-0.3, -0.25) is 4.79 Å². The fourth-order valence-corrected chi connectivity index (χ4v) is 1.63. The van der Waals surface area contributed by atoms with Crippen LogP contribution in [0.15, 0.2) is 18.2 Å². The molecule has 1 aromatic rings. The number of rotatable bonds is 5. The number of hydrogen-bond acceptors (Lipinski definition) is 3. The van der Waals surface area contributed by atoms with Gasteiger partial charge in [-0.1, -0.05) is 19.4 Å². The number of methoxy groups -OCH3 is 1. The molecule has 0 fully saturated rings. The first-order valence-electron chi connectivity index (χ1n) is 5.19. The summed E-state index contributed by atoms with van der Waals surface area (Å²) >= 11 is 0. The number of carboxylic acid groups (broad SMARTS) is 1. The molecule has 0 amide bonds. The van der Waals surface area contributed by atoms with Crippen LogP contribution in [0.3, 0.4) is 0 Å². The van der Waals surface area contributed by atoms with Crippen LogP contribution in [0.25, 0.3) is 0 Å². The normalized spacial score (nSPS) is 12.1. The number of benzene rings is 1. The summed E-state index contributed by atoms with van der Waals surface area (Å²) in [4.78, 5) is 11.1. The molecule has 16 heavy (non-hydrogen) atoms. The number of hydrogen-bond donors (Lipinski definition) is 2. The molecule has 0 saturated heterocycles. The number of phenolic OH excluding ortho intramolecular Hbond substituents is 1. The Morgan fingerprint density at radius 2 is 2.19 bits per heavy atom. The molecule has 2 N–H and O–H groups in total. The van der Waals surface area contributed by atoms with Crippen molar-refractivity contribution >= 4 is 5.97 Å². The summed E-state index contributed by atoms with van der Waals surface area (Å²) in [7, 11) is 1.44. The Morgan fingerprint density at radius 1 is 1.50 bits per heavy atom. The highest BCUT2D eigenvalue weighted by atomic mass is 16.5. The minimum Gasteiger partial charge on any atom is -0.504 e. The van der Waals surface area contributed by atoms with E-state index in [9.17, 15) is 9.90 Å². The Hall–Kier alpha value is -1.71. The molecule has 0 heterocycles. The molecule has 0 bridgehead atoms. The van der Waals surface area contributed by atoms with Crippen LogP contribution in [-0.2, 0) is 4.79 Å². The van der Waals surface area contributed by atoms with Gasteiger partial charge in [0.2, 0.25) is 0 Å². The summed E-state index contributed by atoms with van der Waals surface area (Å²) < 4.78 is 4.95. The van der Waals surface area contributed by atoms with Crippen molar-refractivity contribution in [2.24, 2.45) is 0 Å². The van der Waals surface area contributed by atoms with Crippen LogP contribution in [0.4, 0.5) is 0 Å². The Labute approximate surface area is 94.5 Å². The van der Waals surface area contributed by atoms with Crippen molar-refractivity contribution in [3.8, 4) is 11.5 Å². The van der Waals surface area contributed by atoms with E-state index in [2.05, 4.69) is 0 Å². The maximum Gasteiger partial charge on any atom is 0.310 e. The van der Waals surface area contributed by atoms with Crippen LogP contribution in [0, 0.1) is 0 Å². The summed E-state index contributed by atoms with van der Waals surface area (Å²) in [6, 6.07) is 4.65. The van der Waals surface area contributed by atoms with Gasteiger partial charge in [0.1, 0.15) is 0 Å². The van der Waals surface area contributed by atoms with Gasteiger partial charge in [-0.15, -0.1) is 0 Å². The third-order valence-electron chi connectivity index (χ3n) is 2.48. The summed E-state index contributed by atoms with van der Waals surface area (Å²) in [5, 5.41) is 18.5. The molecule has 0 aliphatic heterocycles. The highest BCUT2D eigenvalue weighted by molar-refractivity contribution is 5.76. The lowest BCUT2D eigenvalue weighted by atomic mass is 9.94. The van der Waals surface area contributed by atoms with E-state index in [1.165, 1.54) is 13.2 Å². The molecule has 0 aliphatic carbocycles. The van der Waals surface area contributed by atoms with Crippen molar-refractivity contribution in [1.82, 2.24) is 0 Å². The van der Waals surface area contributed by atoms with Gasteiger partial charge in [0.05, 0.1) is 13.0 Å². The van der Waals surface area contributed by atoms with Crippen LogP contribution >= 0.6 is 0 Å². The average molecular weight is 224 g/mol. The second-order valence-electron chi connectivity index (χ2n) is 3.61. The topological polar surface area (TPSA) is 66.8 Å². The predicted molar refractivity (Wildman–Crippen MR) is 59.9 cm³/mol. The third kappa shape index (κ3) is 2.66. The number of ether oxygens (including phenoxy) is 1. The van der Waals surface area contributed by atoms with Crippen molar-refractivity contribution in [2.75, 3.05) is 7.11 Å². The fraction of sp³-hybridized carbons (Fsp3) is 0.417. The summed E-state index contributed by atoms with van der Waals surface area (Å²) in [6.07, 6.45) is 1.36. The van der Waals surface area contributed by atoms with Gasteiger partial charge in [0, 0.05) is 0 Å². The minimum absolute atomic E-state index is 0.0203. The van der Waals surface area contributed by atoms with E-state index in [1.54, 1.807) is 12.1 Å². The van der Waals surface area contributed by atoms with Gasteiger partial charge >= 0.3 is 5.97 Å². The number of aliphatic carboxylic acids is 1. The van der Waals surface area contributed by atoms with Crippen molar-refractivity contribution in [1.29, 1.82) is 0 Å². The molecule has 0 radical (unpaired) electrons. The maximum atomic E-state index is 11.1. The van der Waals surface area contributed by atoms with E-state index in [-0.39, 0.29) is 5.75 Å². The van der Waals surface area contributed by atoms with E-state index in [0.29, 0.717) is 17.7 Å². The van der Waals surface area contributed by atoms with Gasteiger partial charge in [0.15, 0.2) is 11.5 Å². The standard InChI is InChI=1S/C12H16O4/c1-3-4-9(12(14)15)8-5-6-10(13)11(7-8)16-2/h5-7,9,13H,3-4H2,1-2H3,(H,14,15). The zero-order valence-electron chi connectivity index (χ0n) is 9.43. The second kappa shape index (κ2) is 5.39. The molecular weight excluding hydrogens is 208 g/mol. The molecule has 0 saturated carbocycles. The van der Waals surface area contributed by atoms with Crippen molar-refractivity contribution in [3.05, 3.63) is 23.8 Å². The quantitative estimate of drug-likeness (QED) is 0.805. The van der Waals surface area contributed by atoms with E-state index in [4.69, 9.17) is 9.84 Å². The number of carboxylic acids is 1. The predicted octanol–water partition coefficient (Wildman–Crippen LogP) is 2.37. The average Bonchev–Trinajstić information content (AvgIpc) is 2.26.